The molecule has 2 saturated heterocycles. The Labute approximate surface area is 649 Å². The highest BCUT2D eigenvalue weighted by Crippen LogP contribution is 2.24. The molecule has 0 bridgehead atoms. The number of carbonyl (C=O) groups excluding carboxylic acids is 15. The summed E-state index contributed by atoms with van der Waals surface area (Å²) in [5.74, 6) is -20.2. The van der Waals surface area contributed by atoms with Crippen molar-refractivity contribution < 1.29 is 94.6 Å². The minimum Gasteiger partial charge on any atom is -0.458 e. The van der Waals surface area contributed by atoms with Crippen molar-refractivity contribution in [2.45, 2.75) is 287 Å². The lowest BCUT2D eigenvalue weighted by atomic mass is 9.95. The van der Waals surface area contributed by atoms with Crippen LogP contribution in [0.3, 0.4) is 0 Å². The zero-order chi connectivity index (χ0) is 84.2. The Hall–Kier alpha value is -9.24. The van der Waals surface area contributed by atoms with Gasteiger partial charge in [-0.2, -0.15) is 13.2 Å². The van der Waals surface area contributed by atoms with Crippen LogP contribution in [0, 0.1) is 47.3 Å². The summed E-state index contributed by atoms with van der Waals surface area (Å²) >= 11 is 0. The molecule has 1 aromatic carbocycles. The van der Waals surface area contributed by atoms with Gasteiger partial charge >= 0.3 is 18.1 Å². The third-order valence-corrected chi connectivity index (χ3v) is 20.1. The number of hydrogen-bond donors (Lipinski definition) is 13. The third-order valence-electron chi connectivity index (χ3n) is 20.1. The largest absolute Gasteiger partial charge is 0.490 e. The van der Waals surface area contributed by atoms with Gasteiger partial charge < -0.3 is 83.9 Å². The van der Waals surface area contributed by atoms with E-state index in [9.17, 15) is 75.5 Å². The molecule has 111 heavy (non-hydrogen) atoms. The van der Waals surface area contributed by atoms with Gasteiger partial charge in [0.15, 0.2) is 0 Å². The molecule has 34 heteroatoms. The molecular weight excluding hydrogens is 1450 g/mol. The highest BCUT2D eigenvalue weighted by Gasteiger charge is 2.47. The topological polar surface area (TPSA) is 448 Å². The van der Waals surface area contributed by atoms with Crippen LogP contribution in [0.1, 0.15) is 195 Å². The van der Waals surface area contributed by atoms with E-state index in [0.717, 1.165) is 13.3 Å². The Morgan fingerprint density at radius 2 is 1.16 bits per heavy atom. The fourth-order valence-corrected chi connectivity index (χ4v) is 12.3. The second-order valence-electron chi connectivity index (χ2n) is 30.8. The van der Waals surface area contributed by atoms with Crippen molar-refractivity contribution >= 4 is 88.7 Å². The minimum atomic E-state index is -5.52. The fraction of sp³-hybridized carbons (Fsp3) is 0.701. The standard InChI is InChI=1S/C77H123F3N14O17/c1-20-43(15)33-34-53(95)85-54(38(5)6)68(101)92-62(47(19)111-76(109)77(78,79)80)72(105)87-56(40(9)10)69(102)88-57(41(11)12)74(107)94-36-28-32-52(94)66(99)83-50(31-27-35-81)64(97)90-59(44(16)21-2)71(104)93-61-46(18)110-75(108)58(42(13)14)89-63(96)49(23-4)82-65(98)51(37-48-29-25-24-26-30-48)84-67(100)55(39(7)8)86-70(103)60(45(17)22-3)91-73(61)106/h23-26,29-30,38-47,50-52,54-62H,20-22,27-28,31-37,81H2,1-19H3,(H,82,98)(H,83,99)(H,84,100)(H,85,95)(H,86,103)(H,87,105)(H,88,102)(H,89,96)(H,90,97)(H,91,106)(H,92,101)(H,93,104)/b49-23-/t43-,44-,45-,46+,47+,50-,51-,52+,54+,55+,56-,57+,58-,59+,60+,61+,62-/m0/s1. The van der Waals surface area contributed by atoms with Gasteiger partial charge in [-0.3, -0.25) is 62.3 Å². The summed E-state index contributed by atoms with van der Waals surface area (Å²) in [5.41, 5.74) is 6.29. The highest BCUT2D eigenvalue weighted by atomic mass is 19.4. The smallest absolute Gasteiger partial charge is 0.458 e. The number of nitrogens with one attached hydrogen (secondary N) is 12. The number of esters is 2. The van der Waals surface area contributed by atoms with Crippen LogP contribution in [0.4, 0.5) is 13.2 Å². The molecule has 0 unspecified atom stereocenters. The highest BCUT2D eigenvalue weighted by molar-refractivity contribution is 6.03. The summed E-state index contributed by atoms with van der Waals surface area (Å²) in [6.45, 7) is 30.0. The van der Waals surface area contributed by atoms with E-state index >= 15 is 9.59 Å². The lowest BCUT2D eigenvalue weighted by Crippen LogP contribution is -2.64. The number of rotatable bonds is 34. The summed E-state index contributed by atoms with van der Waals surface area (Å²) in [6.07, 6.45) is -5.81. The Morgan fingerprint density at radius 3 is 1.69 bits per heavy atom. The van der Waals surface area contributed by atoms with E-state index in [-0.39, 0.29) is 76.1 Å². The van der Waals surface area contributed by atoms with Crippen molar-refractivity contribution in [3.8, 4) is 0 Å². The number of hydrogen-bond acceptors (Lipinski definition) is 18. The molecule has 31 nitrogen and oxygen atoms in total. The van der Waals surface area contributed by atoms with Crippen LogP contribution in [-0.2, 0) is 87.8 Å². The number of alkyl halides is 3. The first-order valence-electron chi connectivity index (χ1n) is 38.7. The minimum absolute atomic E-state index is 0.0192. The summed E-state index contributed by atoms with van der Waals surface area (Å²) in [7, 11) is 0. The quantitative estimate of drug-likeness (QED) is 0.0348. The third kappa shape index (κ3) is 29.1. The number of nitrogens with zero attached hydrogens (tertiary/aromatic N) is 1. The Bertz CT molecular complexity index is 3410. The first-order chi connectivity index (χ1) is 51.9. The van der Waals surface area contributed by atoms with Crippen LogP contribution in [0.2, 0.25) is 0 Å². The number of carbonyl (C=O) groups is 15. The van der Waals surface area contributed by atoms with E-state index in [2.05, 4.69) is 68.5 Å². The van der Waals surface area contributed by atoms with Crippen molar-refractivity contribution in [2.75, 3.05) is 13.1 Å². The lowest BCUT2D eigenvalue weighted by molar-refractivity contribution is -0.205. The Balaban J connectivity index is 2.04. The van der Waals surface area contributed by atoms with Crippen LogP contribution >= 0.6 is 0 Å². The predicted molar refractivity (Wildman–Crippen MR) is 405 cm³/mol. The number of allylic oxidation sites excluding steroid dienone is 1. The van der Waals surface area contributed by atoms with Gasteiger partial charge in [0.05, 0.1) is 0 Å². The van der Waals surface area contributed by atoms with Gasteiger partial charge in [0.1, 0.15) is 90.4 Å². The number of benzene rings is 1. The van der Waals surface area contributed by atoms with Crippen LogP contribution in [0.5, 0.6) is 0 Å². The molecule has 14 N–H and O–H groups in total. The first kappa shape index (κ1) is 96.0. The molecule has 3 rings (SSSR count). The number of halogens is 3. The zero-order valence-electron chi connectivity index (χ0n) is 67.7. The van der Waals surface area contributed by atoms with Crippen molar-refractivity contribution in [2.24, 2.45) is 53.1 Å². The maximum atomic E-state index is 15.1. The van der Waals surface area contributed by atoms with Crippen LogP contribution in [-0.4, -0.2) is 198 Å². The normalized spacial score (nSPS) is 22.3. The summed E-state index contributed by atoms with van der Waals surface area (Å²) < 4.78 is 51.3. The summed E-state index contributed by atoms with van der Waals surface area (Å²) in [6, 6.07) is -9.34. The maximum absolute atomic E-state index is 15.1. The number of ether oxygens (including phenoxy) is 2. The van der Waals surface area contributed by atoms with Gasteiger partial charge in [0, 0.05) is 19.4 Å². The molecular formula is C77H123F3N14O17. The van der Waals surface area contributed by atoms with Gasteiger partial charge in [-0.25, -0.2) is 9.59 Å². The number of likely N-dealkylation sites (tertiary alicyclic amines) is 1. The van der Waals surface area contributed by atoms with Gasteiger partial charge in [-0.15, -0.1) is 0 Å². The van der Waals surface area contributed by atoms with E-state index in [4.69, 9.17) is 10.5 Å². The van der Waals surface area contributed by atoms with Crippen LogP contribution in [0.15, 0.2) is 42.1 Å². The monoisotopic (exact) mass is 1570 g/mol. The first-order valence-corrected chi connectivity index (χ1v) is 38.7. The molecule has 0 spiro atoms. The van der Waals surface area contributed by atoms with Crippen molar-refractivity contribution in [1.82, 2.24) is 68.7 Å². The molecule has 13 amide bonds. The Morgan fingerprint density at radius 1 is 0.622 bits per heavy atom. The van der Waals surface area contributed by atoms with Crippen molar-refractivity contribution in [1.29, 1.82) is 0 Å². The molecule has 2 aliphatic rings. The van der Waals surface area contributed by atoms with E-state index in [1.807, 2.05) is 13.8 Å². The lowest BCUT2D eigenvalue weighted by Gasteiger charge is -2.34. The van der Waals surface area contributed by atoms with Gasteiger partial charge in [0.25, 0.3) is 5.91 Å². The summed E-state index contributed by atoms with van der Waals surface area (Å²) in [5, 5.41) is 31.4. The molecule has 1 aromatic rings. The van der Waals surface area contributed by atoms with Crippen LogP contribution < -0.4 is 69.5 Å². The predicted octanol–water partition coefficient (Wildman–Crippen LogP) is 2.95. The molecule has 624 valence electrons. The summed E-state index contributed by atoms with van der Waals surface area (Å²) in [4.78, 5) is 215. The van der Waals surface area contributed by atoms with Gasteiger partial charge in [0.2, 0.25) is 70.9 Å². The van der Waals surface area contributed by atoms with E-state index in [1.165, 1.54) is 38.7 Å². The SMILES string of the molecule is C/C=C1\NC(=O)[C@H](Cc2ccccc2)NC(=O)[C@@H](C(C)C)NC(=O)[C@@H]([C@@H](C)CC)NC(=O)[C@H](NC(=O)[C@H](NC(=O)[C@H](CCCN)NC(=O)[C@H]2CCCN2C(=O)[C@H](NC(=O)[C@@H](NC(=O)[C@@H](NC(=O)[C@H](NC(=O)CC[C@@H](C)CC)C(C)C)[C@@H](C)OC(=O)C(F)(F)F)C(C)C)C(C)C)[C@@H](C)CC)[C@@H](C)OC(=O)[C@H](C(C)C)NC1=O. The molecule has 0 saturated carbocycles. The number of cyclic esters (lactones) is 1. The second kappa shape index (κ2) is 45.3. The second-order valence-corrected chi connectivity index (χ2v) is 30.8. The van der Waals surface area contributed by atoms with Crippen LogP contribution in [0.25, 0.3) is 0 Å². The molecule has 0 aliphatic carbocycles. The van der Waals surface area contributed by atoms with Gasteiger partial charge in [-0.05, 0) is 112 Å². The molecule has 2 fully saturated rings. The Kier molecular flexibility index (Phi) is 39.2. The average Bonchev–Trinajstić information content (AvgIpc) is 1.80. The van der Waals surface area contributed by atoms with E-state index in [0.29, 0.717) is 12.0 Å². The molecule has 0 aromatic heterocycles. The fourth-order valence-electron chi connectivity index (χ4n) is 12.3. The molecule has 17 atom stereocenters. The number of nitrogens with two attached hydrogens (primary N) is 1. The maximum Gasteiger partial charge on any atom is 0.490 e. The average molecular weight is 1570 g/mol. The van der Waals surface area contributed by atoms with Crippen molar-refractivity contribution in [3.05, 3.63) is 47.7 Å². The van der Waals surface area contributed by atoms with E-state index in [1.54, 1.807) is 113 Å². The molecule has 0 radical (unpaired) electrons. The van der Waals surface area contributed by atoms with E-state index < -0.39 is 221 Å². The molecule has 2 aliphatic heterocycles. The zero-order valence-corrected chi connectivity index (χ0v) is 67.7. The van der Waals surface area contributed by atoms with Crippen molar-refractivity contribution in [3.63, 3.8) is 0 Å². The van der Waals surface area contributed by atoms with Gasteiger partial charge in [-0.1, -0.05) is 166 Å². The number of amides is 13. The molecule has 2 heterocycles.